The molecule has 0 aliphatic heterocycles. The van der Waals surface area contributed by atoms with E-state index in [4.69, 9.17) is 9.47 Å². The van der Waals surface area contributed by atoms with Crippen LogP contribution in [0.3, 0.4) is 0 Å². The summed E-state index contributed by atoms with van der Waals surface area (Å²) in [5.41, 5.74) is -2.24. The number of hydrogen-bond donors (Lipinski definition) is 5. The van der Waals surface area contributed by atoms with Gasteiger partial charge in [0.2, 0.25) is 11.9 Å². The summed E-state index contributed by atoms with van der Waals surface area (Å²) < 4.78 is 95.8. The molecule has 5 aromatic rings. The van der Waals surface area contributed by atoms with Gasteiger partial charge in [-0.2, -0.15) is 46.3 Å². The van der Waals surface area contributed by atoms with Crippen molar-refractivity contribution in [2.45, 2.75) is 102 Å². The molecular weight excluding hydrogens is 847 g/mol. The maximum Gasteiger partial charge on any atom is 0.421 e. The van der Waals surface area contributed by atoms with E-state index in [1.165, 1.54) is 6.20 Å². The monoisotopic (exact) mass is 892 g/mol. The van der Waals surface area contributed by atoms with Crippen LogP contribution in [0.2, 0.25) is 0 Å². The lowest BCUT2D eigenvalue weighted by Gasteiger charge is -2.61. The van der Waals surface area contributed by atoms with Crippen molar-refractivity contribution in [1.82, 2.24) is 19.9 Å². The average molecular weight is 893 g/mol. The molecule has 0 radical (unpaired) electrons. The van der Waals surface area contributed by atoms with Gasteiger partial charge in [-0.05, 0) is 55.9 Å². The number of anilines is 4. The van der Waals surface area contributed by atoms with Crippen molar-refractivity contribution in [2.75, 3.05) is 28.4 Å². The van der Waals surface area contributed by atoms with E-state index in [0.717, 1.165) is 30.2 Å². The number of aliphatic hydroxyl groups is 1. The fourth-order valence-electron chi connectivity index (χ4n) is 8.17. The molecule has 2 atom stereocenters. The maximum absolute atomic E-state index is 14.2. The van der Waals surface area contributed by atoms with E-state index in [9.17, 15) is 41.9 Å². The van der Waals surface area contributed by atoms with E-state index in [2.05, 4.69) is 47.3 Å². The van der Waals surface area contributed by atoms with Gasteiger partial charge in [0.1, 0.15) is 40.3 Å². The first-order valence-corrected chi connectivity index (χ1v) is 20.5. The Labute approximate surface area is 364 Å². The second-order valence-electron chi connectivity index (χ2n) is 16.5. The van der Waals surface area contributed by atoms with Gasteiger partial charge in [-0.25, -0.2) is 9.97 Å². The first kappa shape index (κ1) is 45.6. The third-order valence-corrected chi connectivity index (χ3v) is 12.1. The highest BCUT2D eigenvalue weighted by Gasteiger charge is 2.61. The number of aromatic nitrogens is 5. The van der Waals surface area contributed by atoms with Gasteiger partial charge in [-0.3, -0.25) is 0 Å². The van der Waals surface area contributed by atoms with Crippen molar-refractivity contribution < 1.29 is 45.7 Å². The van der Waals surface area contributed by atoms with Crippen LogP contribution >= 0.6 is 0 Å². The molecular formula is C44H46F6N10O4. The Morgan fingerprint density at radius 1 is 0.844 bits per heavy atom. The molecule has 3 heterocycles. The third-order valence-electron chi connectivity index (χ3n) is 12.1. The van der Waals surface area contributed by atoms with E-state index < -0.39 is 58.5 Å². The van der Waals surface area contributed by atoms with Gasteiger partial charge in [0.15, 0.2) is 12.4 Å². The molecule has 2 aromatic carbocycles. The number of nitrogens with one attached hydrogen (secondary N) is 4. The standard InChI is InChI=1S/C44H46F6N10O4/c1-41(2)36(57-38-34(44(48,49)50)24-55-40(59-38)54-23-29-25-60(62)17-16-33(29)43(45,46)47)19-42(41,63-3)18-26-8-14-32(15-9-26)64-35-7-5-4-6-27(35)21-52-39-53-22-28(20-51)37(58-39)56-30-10-12-31(61)13-11-30/h4-9,14-17,22,24-25,30-31,36,61H,10-13,18-19,21,23H2,1-3H3,(H2,52,53,56,58)(H2,54,55,57,59)/t30-,31+,36?,42?. The zero-order valence-electron chi connectivity index (χ0n) is 35.0. The zero-order chi connectivity index (χ0) is 45.9. The molecule has 0 bridgehead atoms. The summed E-state index contributed by atoms with van der Waals surface area (Å²) in [6, 6.07) is 17.1. The van der Waals surface area contributed by atoms with Crippen LogP contribution in [0.15, 0.2) is 79.4 Å². The normalized spacial score (nSPS) is 20.7. The Morgan fingerprint density at radius 3 is 2.12 bits per heavy atom. The topological polar surface area (TPSA) is 189 Å². The summed E-state index contributed by atoms with van der Waals surface area (Å²) in [7, 11) is 1.54. The molecule has 3 aromatic heterocycles. The summed E-state index contributed by atoms with van der Waals surface area (Å²) in [6.45, 7) is 3.46. The molecule has 0 saturated heterocycles. The molecule has 2 aliphatic carbocycles. The van der Waals surface area contributed by atoms with Crippen LogP contribution in [0.25, 0.3) is 0 Å². The van der Waals surface area contributed by atoms with Crippen LogP contribution in [0, 0.1) is 22.0 Å². The first-order chi connectivity index (χ1) is 30.4. The first-order valence-electron chi connectivity index (χ1n) is 20.5. The fourth-order valence-corrected chi connectivity index (χ4v) is 8.17. The number of nitrogens with zero attached hydrogens (tertiary/aromatic N) is 6. The van der Waals surface area contributed by atoms with Crippen molar-refractivity contribution in [2.24, 2.45) is 5.41 Å². The van der Waals surface area contributed by atoms with Crippen LogP contribution in [-0.2, 0) is 36.6 Å². The second-order valence-corrected chi connectivity index (χ2v) is 16.5. The molecule has 7 rings (SSSR count). The van der Waals surface area contributed by atoms with E-state index >= 15 is 0 Å². The molecule has 14 nitrogen and oxygen atoms in total. The number of pyridine rings is 1. The van der Waals surface area contributed by atoms with Crippen LogP contribution in [0.1, 0.15) is 79.3 Å². The van der Waals surface area contributed by atoms with E-state index in [-0.39, 0.29) is 29.2 Å². The number of alkyl halides is 6. The average Bonchev–Trinajstić information content (AvgIpc) is 3.25. The van der Waals surface area contributed by atoms with Crippen LogP contribution in [0.4, 0.5) is 49.9 Å². The Balaban J connectivity index is 0.992. The number of ether oxygens (including phenoxy) is 2. The Kier molecular flexibility index (Phi) is 13.0. The minimum Gasteiger partial charge on any atom is -0.619 e. The number of rotatable bonds is 15. The van der Waals surface area contributed by atoms with Gasteiger partial charge in [0, 0.05) is 67.5 Å². The molecule has 5 N–H and O–H groups in total. The number of nitriles is 1. The maximum atomic E-state index is 14.2. The zero-order valence-corrected chi connectivity index (χ0v) is 35.0. The van der Waals surface area contributed by atoms with Gasteiger partial charge < -0.3 is 41.1 Å². The van der Waals surface area contributed by atoms with Gasteiger partial charge in [0.05, 0.1) is 23.5 Å². The summed E-state index contributed by atoms with van der Waals surface area (Å²) in [6.07, 6.45) is -2.92. The molecule has 2 unspecified atom stereocenters. The van der Waals surface area contributed by atoms with Gasteiger partial charge in [0.25, 0.3) is 0 Å². The largest absolute Gasteiger partial charge is 0.619 e. The third kappa shape index (κ3) is 10.2. The van der Waals surface area contributed by atoms with Crippen LogP contribution in [0.5, 0.6) is 11.5 Å². The SMILES string of the molecule is COC1(Cc2ccc(Oc3ccccc3CNc3ncc(C#N)c(N[C@H]4CC[C@@H](O)CC4)n3)cc2)CC(Nc2nc(NCc3c[n+]([O-])ccc3C(F)(F)F)ncc2C(F)(F)F)C1(C)C. The van der Waals surface area contributed by atoms with Crippen LogP contribution in [-0.4, -0.2) is 55.9 Å². The van der Waals surface area contributed by atoms with Crippen molar-refractivity contribution in [3.63, 3.8) is 0 Å². The Bertz CT molecular complexity index is 2480. The summed E-state index contributed by atoms with van der Waals surface area (Å²) in [4.78, 5) is 16.6. The number of halogens is 6. The predicted molar refractivity (Wildman–Crippen MR) is 223 cm³/mol. The minimum absolute atomic E-state index is 0.0889. The van der Waals surface area contributed by atoms with E-state index in [0.29, 0.717) is 73.1 Å². The van der Waals surface area contributed by atoms with Crippen LogP contribution < -0.4 is 30.7 Å². The Morgan fingerprint density at radius 2 is 1.48 bits per heavy atom. The molecule has 2 saturated carbocycles. The number of methoxy groups -OCH3 is 1. The highest BCUT2D eigenvalue weighted by molar-refractivity contribution is 5.55. The number of hydrogen-bond acceptors (Lipinski definition) is 13. The highest BCUT2D eigenvalue weighted by atomic mass is 19.4. The van der Waals surface area contributed by atoms with Crippen molar-refractivity contribution in [3.05, 3.63) is 118 Å². The predicted octanol–water partition coefficient (Wildman–Crippen LogP) is 8.38. The highest BCUT2D eigenvalue weighted by Crippen LogP contribution is 2.55. The molecule has 0 spiro atoms. The van der Waals surface area contributed by atoms with Gasteiger partial charge >= 0.3 is 12.4 Å². The molecule has 0 amide bonds. The molecule has 20 heteroatoms. The number of para-hydroxylation sites is 1. The van der Waals surface area contributed by atoms with Crippen molar-refractivity contribution in [3.8, 4) is 17.6 Å². The van der Waals surface area contributed by atoms with Crippen molar-refractivity contribution in [1.29, 1.82) is 5.26 Å². The number of benzene rings is 2. The van der Waals surface area contributed by atoms with Crippen molar-refractivity contribution >= 4 is 23.5 Å². The Hall–Kier alpha value is -6.46. The molecule has 2 aliphatic rings. The lowest BCUT2D eigenvalue weighted by atomic mass is 9.53. The van der Waals surface area contributed by atoms with E-state index in [1.807, 2.05) is 62.4 Å². The smallest absolute Gasteiger partial charge is 0.421 e. The number of aliphatic hydroxyl groups excluding tert-OH is 1. The second kappa shape index (κ2) is 18.3. The fraction of sp³-hybridized carbons (Fsp3) is 0.409. The summed E-state index contributed by atoms with van der Waals surface area (Å²) in [5.74, 6) is 0.955. The van der Waals surface area contributed by atoms with Gasteiger partial charge in [-0.15, -0.1) is 0 Å². The minimum atomic E-state index is -4.85. The van der Waals surface area contributed by atoms with Gasteiger partial charge in [-0.1, -0.05) is 44.2 Å². The molecule has 64 heavy (non-hydrogen) atoms. The summed E-state index contributed by atoms with van der Waals surface area (Å²) in [5, 5.41) is 43.2. The molecule has 2 fully saturated rings. The summed E-state index contributed by atoms with van der Waals surface area (Å²) >= 11 is 0. The lowest BCUT2D eigenvalue weighted by molar-refractivity contribution is -0.606. The molecule has 338 valence electrons. The lowest BCUT2D eigenvalue weighted by Crippen LogP contribution is -2.68. The quantitative estimate of drug-likeness (QED) is 0.0383. The van der Waals surface area contributed by atoms with E-state index in [1.54, 1.807) is 7.11 Å².